The highest BCUT2D eigenvalue weighted by atomic mass is 35.5. The summed E-state index contributed by atoms with van der Waals surface area (Å²) in [6, 6.07) is 3.82. The average molecular weight is 436 g/mol. The number of hydrogen-bond acceptors (Lipinski definition) is 6. The summed E-state index contributed by atoms with van der Waals surface area (Å²) in [4.78, 5) is 51.9. The van der Waals surface area contributed by atoms with E-state index in [1.54, 1.807) is 32.9 Å². The maximum atomic E-state index is 13.5. The largest absolute Gasteiger partial charge is 0.458 e. The summed E-state index contributed by atoms with van der Waals surface area (Å²) in [6.45, 7) is 7.30. The van der Waals surface area contributed by atoms with Gasteiger partial charge in [0.05, 0.1) is 5.41 Å². The Labute approximate surface area is 180 Å². The van der Waals surface area contributed by atoms with Gasteiger partial charge in [0, 0.05) is 23.8 Å². The Morgan fingerprint density at radius 2 is 1.87 bits per heavy atom. The molecule has 7 nitrogen and oxygen atoms in total. The van der Waals surface area contributed by atoms with Crippen molar-refractivity contribution >= 4 is 35.0 Å². The lowest BCUT2D eigenvalue weighted by atomic mass is 9.61. The van der Waals surface area contributed by atoms with Gasteiger partial charge in [-0.2, -0.15) is 0 Å². The molecule has 3 rings (SSSR count). The predicted octanol–water partition coefficient (Wildman–Crippen LogP) is 2.62. The highest BCUT2D eigenvalue weighted by Crippen LogP contribution is 2.44. The van der Waals surface area contributed by atoms with Crippen LogP contribution in [0.25, 0.3) is 0 Å². The predicted molar refractivity (Wildman–Crippen MR) is 109 cm³/mol. The second-order valence-corrected chi connectivity index (χ2v) is 9.25. The van der Waals surface area contributed by atoms with E-state index in [-0.39, 0.29) is 5.56 Å². The van der Waals surface area contributed by atoms with Crippen LogP contribution in [0.4, 0.5) is 0 Å². The van der Waals surface area contributed by atoms with Gasteiger partial charge in [-0.05, 0) is 58.2 Å². The lowest BCUT2D eigenvalue weighted by Gasteiger charge is -2.42. The minimum absolute atomic E-state index is 0.272. The number of halogens is 1. The van der Waals surface area contributed by atoms with Gasteiger partial charge in [0.2, 0.25) is 5.91 Å². The number of carbonyl (C=O) groups is 4. The van der Waals surface area contributed by atoms with E-state index in [2.05, 4.69) is 5.32 Å². The molecule has 2 aliphatic rings. The molecule has 1 saturated heterocycles. The number of fused-ring (bicyclic) bond motifs is 2. The topological polar surface area (TPSA) is 98.8 Å². The number of esters is 1. The highest BCUT2D eigenvalue weighted by Gasteiger charge is 2.54. The molecule has 1 N–H and O–H groups in total. The third kappa shape index (κ3) is 4.14. The van der Waals surface area contributed by atoms with E-state index in [4.69, 9.17) is 21.1 Å². The fourth-order valence-corrected chi connectivity index (χ4v) is 4.21. The van der Waals surface area contributed by atoms with E-state index in [1.165, 1.54) is 13.0 Å². The summed E-state index contributed by atoms with van der Waals surface area (Å²) in [5, 5.41) is 2.83. The molecule has 2 atom stereocenters. The van der Waals surface area contributed by atoms with Crippen LogP contribution in [0, 0.1) is 5.92 Å². The van der Waals surface area contributed by atoms with Gasteiger partial charge in [-0.1, -0.05) is 17.7 Å². The van der Waals surface area contributed by atoms with Gasteiger partial charge < -0.3 is 14.8 Å². The quantitative estimate of drug-likeness (QED) is 0.578. The Morgan fingerprint density at radius 1 is 1.23 bits per heavy atom. The SMILES string of the molecule is C[C@H](NC(=O)C1C(=O)c2cc(Cl)ccc2C2(CCOCC2)C1=O)C(=O)OC(C)(C)C. The van der Waals surface area contributed by atoms with E-state index in [1.807, 2.05) is 0 Å². The zero-order chi connectivity index (χ0) is 22.3. The Balaban J connectivity index is 1.93. The van der Waals surface area contributed by atoms with E-state index >= 15 is 0 Å². The molecule has 30 heavy (non-hydrogen) atoms. The minimum atomic E-state index is -1.54. The summed E-state index contributed by atoms with van der Waals surface area (Å²) in [5.41, 5.74) is -0.846. The molecule has 1 aromatic rings. The number of rotatable bonds is 3. The zero-order valence-electron chi connectivity index (χ0n) is 17.5. The molecule has 8 heteroatoms. The molecule has 0 aromatic heterocycles. The molecule has 0 bridgehead atoms. The number of benzene rings is 1. The van der Waals surface area contributed by atoms with Crippen molar-refractivity contribution in [3.05, 3.63) is 34.3 Å². The molecule has 1 amide bonds. The van der Waals surface area contributed by atoms with Crippen LogP contribution in [0.15, 0.2) is 18.2 Å². The van der Waals surface area contributed by atoms with Gasteiger partial charge >= 0.3 is 5.97 Å². The lowest BCUT2D eigenvalue weighted by molar-refractivity contribution is -0.158. The van der Waals surface area contributed by atoms with Crippen molar-refractivity contribution in [2.24, 2.45) is 5.92 Å². The van der Waals surface area contributed by atoms with Crippen LogP contribution in [0.2, 0.25) is 5.02 Å². The van der Waals surface area contributed by atoms with Crippen molar-refractivity contribution in [3.8, 4) is 0 Å². The van der Waals surface area contributed by atoms with Crippen molar-refractivity contribution in [1.29, 1.82) is 0 Å². The van der Waals surface area contributed by atoms with Crippen LogP contribution in [-0.2, 0) is 29.3 Å². The standard InChI is InChI=1S/C22H26ClNO6/c1-12(20(28)30-21(2,3)4)24-19(27)16-17(25)14-11-13(23)5-6-15(14)22(18(16)26)7-9-29-10-8-22/h5-6,11-12,16H,7-10H2,1-4H3,(H,24,27)/t12-,16?/m0/s1. The molecule has 1 aliphatic carbocycles. The fourth-order valence-electron chi connectivity index (χ4n) is 4.04. The Bertz CT molecular complexity index is 897. The summed E-state index contributed by atoms with van der Waals surface area (Å²) in [5.74, 6) is -4.06. The van der Waals surface area contributed by atoms with Crippen molar-refractivity contribution in [2.45, 2.75) is 57.6 Å². The van der Waals surface area contributed by atoms with Crippen molar-refractivity contribution < 1.29 is 28.7 Å². The first-order valence-corrected chi connectivity index (χ1v) is 10.3. The molecular formula is C22H26ClNO6. The van der Waals surface area contributed by atoms with Crippen molar-refractivity contribution in [1.82, 2.24) is 5.32 Å². The van der Waals surface area contributed by atoms with E-state index in [0.29, 0.717) is 36.6 Å². The molecular weight excluding hydrogens is 410 g/mol. The maximum Gasteiger partial charge on any atom is 0.328 e. The molecule has 0 saturated carbocycles. The Kier molecular flexibility index (Phi) is 6.07. The number of amides is 1. The number of carbonyl (C=O) groups excluding carboxylic acids is 4. The van der Waals surface area contributed by atoms with Crippen molar-refractivity contribution in [2.75, 3.05) is 13.2 Å². The van der Waals surface area contributed by atoms with Crippen LogP contribution >= 0.6 is 11.6 Å². The van der Waals surface area contributed by atoms with Crippen LogP contribution < -0.4 is 5.32 Å². The molecule has 0 radical (unpaired) electrons. The third-order valence-corrected chi connectivity index (χ3v) is 5.72. The Hall–Kier alpha value is -2.25. The van der Waals surface area contributed by atoms with Crippen LogP contribution in [0.1, 0.15) is 56.5 Å². The fraction of sp³-hybridized carbons (Fsp3) is 0.545. The van der Waals surface area contributed by atoms with E-state index < -0.39 is 46.4 Å². The molecule has 1 spiro atoms. The summed E-state index contributed by atoms with van der Waals surface area (Å²) in [6.07, 6.45) is 0.748. The van der Waals surface area contributed by atoms with Gasteiger partial charge in [0.25, 0.3) is 0 Å². The van der Waals surface area contributed by atoms with Gasteiger partial charge in [-0.25, -0.2) is 4.79 Å². The number of ketones is 2. The van der Waals surface area contributed by atoms with Gasteiger partial charge in [-0.3, -0.25) is 14.4 Å². The van der Waals surface area contributed by atoms with Crippen molar-refractivity contribution in [3.63, 3.8) is 0 Å². The third-order valence-electron chi connectivity index (χ3n) is 5.49. The maximum absolute atomic E-state index is 13.5. The lowest BCUT2D eigenvalue weighted by Crippen LogP contribution is -2.56. The first kappa shape index (κ1) is 22.4. The molecule has 1 unspecified atom stereocenters. The van der Waals surface area contributed by atoms with Gasteiger partial charge in [0.1, 0.15) is 11.6 Å². The van der Waals surface area contributed by atoms with Gasteiger partial charge in [0.15, 0.2) is 17.5 Å². The summed E-state index contributed by atoms with van der Waals surface area (Å²) < 4.78 is 10.7. The van der Waals surface area contributed by atoms with Gasteiger partial charge in [-0.15, -0.1) is 0 Å². The number of nitrogens with one attached hydrogen (secondary N) is 1. The monoisotopic (exact) mass is 435 g/mol. The number of hydrogen-bond donors (Lipinski definition) is 1. The van der Waals surface area contributed by atoms with Crippen LogP contribution in [0.5, 0.6) is 0 Å². The summed E-state index contributed by atoms with van der Waals surface area (Å²) in [7, 11) is 0. The van der Waals surface area contributed by atoms with Crippen LogP contribution in [0.3, 0.4) is 0 Å². The molecule has 1 fully saturated rings. The number of ether oxygens (including phenoxy) is 2. The molecule has 1 aliphatic heterocycles. The second kappa shape index (κ2) is 8.12. The smallest absolute Gasteiger partial charge is 0.328 e. The molecule has 1 aromatic carbocycles. The minimum Gasteiger partial charge on any atom is -0.458 e. The first-order valence-electron chi connectivity index (χ1n) is 9.96. The molecule has 1 heterocycles. The summed E-state index contributed by atoms with van der Waals surface area (Å²) >= 11 is 6.10. The normalized spacial score (nSPS) is 21.7. The van der Waals surface area contributed by atoms with E-state index in [9.17, 15) is 19.2 Å². The average Bonchev–Trinajstić information content (AvgIpc) is 2.66. The van der Waals surface area contributed by atoms with E-state index in [0.717, 1.165) is 0 Å². The zero-order valence-corrected chi connectivity index (χ0v) is 18.3. The number of Topliss-reactive ketones (excluding diaryl/α,β-unsaturated/α-hetero) is 2. The van der Waals surface area contributed by atoms with Crippen LogP contribution in [-0.4, -0.2) is 48.3 Å². The second-order valence-electron chi connectivity index (χ2n) is 8.81. The molecule has 162 valence electrons. The Morgan fingerprint density at radius 3 is 2.47 bits per heavy atom. The first-order chi connectivity index (χ1) is 14.0. The highest BCUT2D eigenvalue weighted by molar-refractivity contribution is 6.33.